The number of hydrogen-bond donors (Lipinski definition) is 1. The van der Waals surface area contributed by atoms with Crippen molar-refractivity contribution in [3.63, 3.8) is 0 Å². The number of carbonyl (C=O) groups excluding carboxylic acids is 2. The van der Waals surface area contributed by atoms with Crippen LogP contribution in [0.15, 0.2) is 24.3 Å². The van der Waals surface area contributed by atoms with Gasteiger partial charge in [-0.3, -0.25) is 4.79 Å². The van der Waals surface area contributed by atoms with Gasteiger partial charge in [0, 0.05) is 11.8 Å². The highest BCUT2D eigenvalue weighted by Crippen LogP contribution is 2.18. The van der Waals surface area contributed by atoms with E-state index in [1.54, 1.807) is 24.3 Å². The molecule has 0 saturated carbocycles. The molecule has 20 heavy (non-hydrogen) atoms. The minimum Gasteiger partial charge on any atom is -0.494 e. The molecule has 1 atom stereocenters. The minimum atomic E-state index is -0.692. The highest BCUT2D eigenvalue weighted by molar-refractivity contribution is 5.95. The molecule has 1 aromatic carbocycles. The Bertz CT molecular complexity index is 474. The number of nitrogens with one attached hydrogen (secondary N) is 1. The summed E-state index contributed by atoms with van der Waals surface area (Å²) in [6, 6.07) is 6.33. The van der Waals surface area contributed by atoms with Crippen LogP contribution in [0.2, 0.25) is 0 Å². The van der Waals surface area contributed by atoms with E-state index >= 15 is 0 Å². The molecule has 0 spiro atoms. The number of ether oxygens (including phenoxy) is 3. The standard InChI is InChI=1S/C13H16N2O5/c1-2-19-11-5-3-4-10(6-11)14-13(17)15(8-16)12-7-18-9-20-12/h3-6,8,12H,2,7,9H2,1H3,(H,14,17). The number of benzene rings is 1. The Morgan fingerprint density at radius 2 is 2.45 bits per heavy atom. The third kappa shape index (κ3) is 3.46. The molecule has 1 saturated heterocycles. The first-order valence-electron chi connectivity index (χ1n) is 6.21. The number of anilines is 1. The number of carbonyl (C=O) groups is 2. The molecule has 7 nitrogen and oxygen atoms in total. The van der Waals surface area contributed by atoms with Crippen LogP contribution in [0.3, 0.4) is 0 Å². The van der Waals surface area contributed by atoms with E-state index in [9.17, 15) is 9.59 Å². The van der Waals surface area contributed by atoms with Crippen molar-refractivity contribution in [2.75, 3.05) is 25.3 Å². The van der Waals surface area contributed by atoms with Crippen LogP contribution in [0.5, 0.6) is 5.75 Å². The van der Waals surface area contributed by atoms with Crippen LogP contribution in [0.25, 0.3) is 0 Å². The van der Waals surface area contributed by atoms with E-state index in [1.807, 2.05) is 6.92 Å². The lowest BCUT2D eigenvalue weighted by Gasteiger charge is -2.20. The molecule has 0 radical (unpaired) electrons. The van der Waals surface area contributed by atoms with Crippen molar-refractivity contribution in [2.45, 2.75) is 13.2 Å². The van der Waals surface area contributed by atoms with Gasteiger partial charge < -0.3 is 19.5 Å². The van der Waals surface area contributed by atoms with E-state index in [-0.39, 0.29) is 13.4 Å². The predicted molar refractivity (Wildman–Crippen MR) is 70.2 cm³/mol. The van der Waals surface area contributed by atoms with E-state index in [2.05, 4.69) is 5.32 Å². The molecule has 1 fully saturated rings. The lowest BCUT2D eigenvalue weighted by molar-refractivity contribution is -0.122. The lowest BCUT2D eigenvalue weighted by Crippen LogP contribution is -2.43. The molecule has 1 heterocycles. The van der Waals surface area contributed by atoms with Gasteiger partial charge in [-0.2, -0.15) is 0 Å². The molecule has 1 aliphatic heterocycles. The van der Waals surface area contributed by atoms with Gasteiger partial charge in [0.25, 0.3) is 0 Å². The molecule has 0 aromatic heterocycles. The van der Waals surface area contributed by atoms with E-state index in [1.165, 1.54) is 0 Å². The second-order valence-electron chi connectivity index (χ2n) is 4.01. The van der Waals surface area contributed by atoms with Crippen molar-refractivity contribution < 1.29 is 23.8 Å². The zero-order valence-corrected chi connectivity index (χ0v) is 11.1. The normalized spacial score (nSPS) is 17.6. The molecular weight excluding hydrogens is 264 g/mol. The molecule has 1 N–H and O–H groups in total. The number of nitrogens with zero attached hydrogens (tertiary/aromatic N) is 1. The van der Waals surface area contributed by atoms with Gasteiger partial charge in [-0.1, -0.05) is 6.07 Å². The summed E-state index contributed by atoms with van der Waals surface area (Å²) in [6.07, 6.45) is -0.274. The Morgan fingerprint density at radius 3 is 3.10 bits per heavy atom. The Hall–Kier alpha value is -2.12. The molecule has 7 heteroatoms. The molecule has 2 rings (SSSR count). The Labute approximate surface area is 116 Å². The number of imide groups is 1. The second-order valence-corrected chi connectivity index (χ2v) is 4.01. The Morgan fingerprint density at radius 1 is 1.60 bits per heavy atom. The van der Waals surface area contributed by atoms with Gasteiger partial charge in [0.1, 0.15) is 12.5 Å². The fourth-order valence-electron chi connectivity index (χ4n) is 1.75. The lowest BCUT2D eigenvalue weighted by atomic mass is 10.3. The highest BCUT2D eigenvalue weighted by Gasteiger charge is 2.28. The maximum atomic E-state index is 12.0. The Kier molecular flexibility index (Phi) is 4.91. The van der Waals surface area contributed by atoms with Gasteiger partial charge in [0.2, 0.25) is 6.41 Å². The summed E-state index contributed by atoms with van der Waals surface area (Å²) in [5, 5.41) is 2.61. The summed E-state index contributed by atoms with van der Waals surface area (Å²) in [5.74, 6) is 0.642. The smallest absolute Gasteiger partial charge is 0.330 e. The van der Waals surface area contributed by atoms with Gasteiger partial charge in [-0.05, 0) is 19.1 Å². The largest absolute Gasteiger partial charge is 0.494 e. The first-order valence-corrected chi connectivity index (χ1v) is 6.21. The third-order valence-corrected chi connectivity index (χ3v) is 2.66. The molecule has 0 bridgehead atoms. The minimum absolute atomic E-state index is 0.0715. The van der Waals surface area contributed by atoms with Crippen molar-refractivity contribution in [1.29, 1.82) is 0 Å². The summed E-state index contributed by atoms with van der Waals surface area (Å²) in [6.45, 7) is 2.65. The number of amides is 3. The van der Waals surface area contributed by atoms with Crippen molar-refractivity contribution in [1.82, 2.24) is 4.90 Å². The van der Waals surface area contributed by atoms with Gasteiger partial charge in [0.05, 0.1) is 13.2 Å². The number of urea groups is 1. The van der Waals surface area contributed by atoms with E-state index < -0.39 is 12.3 Å². The van der Waals surface area contributed by atoms with Crippen molar-refractivity contribution in [3.8, 4) is 5.75 Å². The van der Waals surface area contributed by atoms with Crippen LogP contribution in [-0.4, -0.2) is 43.6 Å². The van der Waals surface area contributed by atoms with Gasteiger partial charge in [0.15, 0.2) is 6.23 Å². The van der Waals surface area contributed by atoms with Crippen molar-refractivity contribution in [3.05, 3.63) is 24.3 Å². The van der Waals surface area contributed by atoms with Crippen LogP contribution < -0.4 is 10.1 Å². The van der Waals surface area contributed by atoms with E-state index in [0.29, 0.717) is 24.5 Å². The first-order chi connectivity index (χ1) is 9.74. The molecule has 0 aliphatic carbocycles. The van der Waals surface area contributed by atoms with Gasteiger partial charge in [-0.25, -0.2) is 9.69 Å². The summed E-state index contributed by atoms with van der Waals surface area (Å²) in [5.41, 5.74) is 0.534. The summed E-state index contributed by atoms with van der Waals surface area (Å²) in [7, 11) is 0. The summed E-state index contributed by atoms with van der Waals surface area (Å²) in [4.78, 5) is 23.9. The molecule has 1 aliphatic rings. The summed E-state index contributed by atoms with van der Waals surface area (Å²) >= 11 is 0. The molecule has 108 valence electrons. The molecule has 1 unspecified atom stereocenters. The second kappa shape index (κ2) is 6.88. The topological polar surface area (TPSA) is 77.1 Å². The van der Waals surface area contributed by atoms with Crippen LogP contribution in [0, 0.1) is 0 Å². The third-order valence-electron chi connectivity index (χ3n) is 2.66. The van der Waals surface area contributed by atoms with Gasteiger partial charge >= 0.3 is 6.03 Å². The SMILES string of the molecule is CCOc1cccc(NC(=O)N(C=O)C2COCO2)c1. The predicted octanol–water partition coefficient (Wildman–Crippen LogP) is 1.41. The fraction of sp³-hybridized carbons (Fsp3) is 0.385. The van der Waals surface area contributed by atoms with Gasteiger partial charge in [-0.15, -0.1) is 0 Å². The highest BCUT2D eigenvalue weighted by atomic mass is 16.7. The summed E-state index contributed by atoms with van der Waals surface area (Å²) < 4.78 is 15.4. The fourth-order valence-corrected chi connectivity index (χ4v) is 1.75. The Balaban J connectivity index is 2.02. The van der Waals surface area contributed by atoms with Crippen LogP contribution in [-0.2, 0) is 14.3 Å². The maximum absolute atomic E-state index is 12.0. The average molecular weight is 280 g/mol. The van der Waals surface area contributed by atoms with Crippen LogP contribution in [0.1, 0.15) is 6.92 Å². The quantitative estimate of drug-likeness (QED) is 0.825. The number of rotatable bonds is 5. The number of hydrogen-bond acceptors (Lipinski definition) is 5. The van der Waals surface area contributed by atoms with E-state index in [4.69, 9.17) is 14.2 Å². The molecular formula is C13H16N2O5. The van der Waals surface area contributed by atoms with Crippen LogP contribution in [0.4, 0.5) is 10.5 Å². The molecule has 1 aromatic rings. The zero-order valence-electron chi connectivity index (χ0n) is 11.1. The van der Waals surface area contributed by atoms with Crippen molar-refractivity contribution >= 4 is 18.1 Å². The van der Waals surface area contributed by atoms with E-state index in [0.717, 1.165) is 4.90 Å². The van der Waals surface area contributed by atoms with Crippen molar-refractivity contribution in [2.24, 2.45) is 0 Å². The van der Waals surface area contributed by atoms with Crippen LogP contribution >= 0.6 is 0 Å². The maximum Gasteiger partial charge on any atom is 0.330 e. The first kappa shape index (κ1) is 14.3. The monoisotopic (exact) mass is 280 g/mol. The molecule has 3 amide bonds. The zero-order chi connectivity index (χ0) is 14.4. The average Bonchev–Trinajstić information content (AvgIpc) is 2.94.